The molecule has 94 valence electrons. The molecule has 0 aliphatic carbocycles. The van der Waals surface area contributed by atoms with Crippen molar-refractivity contribution < 1.29 is 9.00 Å². The number of carbonyl (C=O) groups excluding carboxylic acids is 1. The van der Waals surface area contributed by atoms with Gasteiger partial charge in [-0.3, -0.25) is 4.21 Å². The van der Waals surface area contributed by atoms with Crippen molar-refractivity contribution in [3.05, 3.63) is 0 Å². The number of urea groups is 1. The van der Waals surface area contributed by atoms with Crippen molar-refractivity contribution in [1.82, 2.24) is 10.6 Å². The first-order valence-corrected chi connectivity index (χ1v) is 8.33. The number of hydrogen-bond acceptors (Lipinski definition) is 3. The fourth-order valence-corrected chi connectivity index (χ4v) is 3.59. The van der Waals surface area contributed by atoms with Gasteiger partial charge in [-0.1, -0.05) is 6.92 Å². The lowest BCUT2D eigenvalue weighted by Crippen LogP contribution is -2.42. The molecule has 1 saturated heterocycles. The predicted octanol–water partition coefficient (Wildman–Crippen LogP) is 0.950. The smallest absolute Gasteiger partial charge is 0.315 e. The maximum absolute atomic E-state index is 11.4. The molecule has 1 aliphatic rings. The lowest BCUT2D eigenvalue weighted by atomic mass is 10.3. The van der Waals surface area contributed by atoms with Crippen LogP contribution in [0.4, 0.5) is 4.79 Å². The van der Waals surface area contributed by atoms with Gasteiger partial charge in [0, 0.05) is 34.9 Å². The van der Waals surface area contributed by atoms with Crippen LogP contribution in [-0.4, -0.2) is 45.8 Å². The molecule has 0 spiro atoms. The van der Waals surface area contributed by atoms with Crippen LogP contribution >= 0.6 is 11.8 Å². The maximum atomic E-state index is 11.4. The minimum Gasteiger partial charge on any atom is -0.338 e. The van der Waals surface area contributed by atoms with Gasteiger partial charge >= 0.3 is 6.03 Å². The lowest BCUT2D eigenvalue weighted by Gasteiger charge is -2.11. The Morgan fingerprint density at radius 2 is 2.38 bits per heavy atom. The van der Waals surface area contributed by atoms with Crippen molar-refractivity contribution in [3.63, 3.8) is 0 Å². The minimum absolute atomic E-state index is 0.103. The topological polar surface area (TPSA) is 58.2 Å². The fraction of sp³-hybridized carbons (Fsp3) is 0.900. The maximum Gasteiger partial charge on any atom is 0.315 e. The third kappa shape index (κ3) is 5.75. The molecule has 1 heterocycles. The van der Waals surface area contributed by atoms with Gasteiger partial charge < -0.3 is 10.6 Å². The monoisotopic (exact) mass is 264 g/mol. The van der Waals surface area contributed by atoms with E-state index in [-0.39, 0.29) is 12.1 Å². The van der Waals surface area contributed by atoms with E-state index in [2.05, 4.69) is 17.6 Å². The molecule has 1 rings (SSSR count). The summed E-state index contributed by atoms with van der Waals surface area (Å²) in [5.74, 6) is 3.54. The predicted molar refractivity (Wildman–Crippen MR) is 70.4 cm³/mol. The molecule has 0 bridgehead atoms. The Morgan fingerprint density at radius 1 is 1.56 bits per heavy atom. The molecule has 6 heteroatoms. The van der Waals surface area contributed by atoms with Crippen molar-refractivity contribution in [1.29, 1.82) is 0 Å². The summed E-state index contributed by atoms with van der Waals surface area (Å²) in [4.78, 5) is 11.4. The van der Waals surface area contributed by atoms with Gasteiger partial charge in [-0.05, 0) is 24.3 Å². The van der Waals surface area contributed by atoms with E-state index in [0.717, 1.165) is 30.1 Å². The Balaban J connectivity index is 2.00. The van der Waals surface area contributed by atoms with Gasteiger partial charge in [0.25, 0.3) is 0 Å². The summed E-state index contributed by atoms with van der Waals surface area (Å²) in [5, 5.41) is 5.67. The molecule has 0 saturated carbocycles. The Labute approximate surface area is 104 Å². The van der Waals surface area contributed by atoms with E-state index in [4.69, 9.17) is 0 Å². The zero-order chi connectivity index (χ0) is 11.8. The van der Waals surface area contributed by atoms with E-state index in [9.17, 15) is 9.00 Å². The van der Waals surface area contributed by atoms with E-state index in [1.807, 2.05) is 11.8 Å². The molecule has 0 unspecified atom stereocenters. The third-order valence-corrected chi connectivity index (χ3v) is 4.82. The summed E-state index contributed by atoms with van der Waals surface area (Å²) < 4.78 is 11.1. The largest absolute Gasteiger partial charge is 0.338 e. The van der Waals surface area contributed by atoms with Crippen LogP contribution in [0.3, 0.4) is 0 Å². The molecule has 16 heavy (non-hydrogen) atoms. The minimum atomic E-state index is -0.725. The van der Waals surface area contributed by atoms with Gasteiger partial charge in [0.05, 0.1) is 0 Å². The number of rotatable bonds is 6. The SMILES string of the molecule is CCSCCCNC(=O)N[C@@H]1CC[S@@](=O)C1. The summed E-state index contributed by atoms with van der Waals surface area (Å²) in [6.45, 7) is 2.85. The molecule has 4 nitrogen and oxygen atoms in total. The van der Waals surface area contributed by atoms with Crippen molar-refractivity contribution in [3.8, 4) is 0 Å². The normalized spacial score (nSPS) is 24.3. The highest BCUT2D eigenvalue weighted by atomic mass is 32.2. The highest BCUT2D eigenvalue weighted by molar-refractivity contribution is 7.99. The zero-order valence-electron chi connectivity index (χ0n) is 9.66. The molecule has 2 amide bonds. The zero-order valence-corrected chi connectivity index (χ0v) is 11.3. The quantitative estimate of drug-likeness (QED) is 0.702. The lowest BCUT2D eigenvalue weighted by molar-refractivity contribution is 0.238. The van der Waals surface area contributed by atoms with Gasteiger partial charge in [-0.2, -0.15) is 11.8 Å². The van der Waals surface area contributed by atoms with Crippen molar-refractivity contribution >= 4 is 28.6 Å². The molecular weight excluding hydrogens is 244 g/mol. The summed E-state index contributed by atoms with van der Waals surface area (Å²) >= 11 is 1.88. The van der Waals surface area contributed by atoms with Crippen LogP contribution in [0, 0.1) is 0 Å². The Kier molecular flexibility index (Phi) is 6.87. The van der Waals surface area contributed by atoms with Gasteiger partial charge in [0.2, 0.25) is 0 Å². The van der Waals surface area contributed by atoms with Gasteiger partial charge in [0.15, 0.2) is 0 Å². The van der Waals surface area contributed by atoms with E-state index in [0.29, 0.717) is 12.3 Å². The summed E-state index contributed by atoms with van der Waals surface area (Å²) in [6, 6.07) is -0.0174. The average Bonchev–Trinajstić information content (AvgIpc) is 2.63. The standard InChI is InChI=1S/C10H20N2O2S2/c1-2-15-6-3-5-11-10(13)12-9-4-7-16(14)8-9/h9H,2-8H2,1H3,(H2,11,12,13)/t9-,16-/m1/s1. The Morgan fingerprint density at radius 3 is 3.00 bits per heavy atom. The highest BCUT2D eigenvalue weighted by Gasteiger charge is 2.22. The van der Waals surface area contributed by atoms with Gasteiger partial charge in [-0.25, -0.2) is 4.79 Å². The molecule has 0 radical (unpaired) electrons. The second-order valence-corrected chi connectivity index (χ2v) is 6.76. The van der Waals surface area contributed by atoms with E-state index < -0.39 is 10.8 Å². The van der Waals surface area contributed by atoms with Crippen LogP contribution in [-0.2, 0) is 10.8 Å². The molecule has 0 aromatic heterocycles. The molecular formula is C10H20N2O2S2. The summed E-state index contributed by atoms with van der Waals surface area (Å²) in [7, 11) is -0.725. The molecule has 2 atom stereocenters. The number of thioether (sulfide) groups is 1. The van der Waals surface area contributed by atoms with E-state index in [1.165, 1.54) is 0 Å². The molecule has 0 aromatic carbocycles. The Hall–Kier alpha value is -0.230. The van der Waals surface area contributed by atoms with Crippen molar-refractivity contribution in [2.45, 2.75) is 25.8 Å². The second-order valence-electron chi connectivity index (χ2n) is 3.75. The van der Waals surface area contributed by atoms with Gasteiger partial charge in [-0.15, -0.1) is 0 Å². The molecule has 1 aliphatic heterocycles. The number of nitrogens with one attached hydrogen (secondary N) is 2. The first-order chi connectivity index (χ1) is 7.72. The first kappa shape index (κ1) is 13.8. The van der Waals surface area contributed by atoms with Crippen LogP contribution in [0.1, 0.15) is 19.8 Å². The summed E-state index contributed by atoms with van der Waals surface area (Å²) in [5.41, 5.74) is 0. The van der Waals surface area contributed by atoms with Crippen LogP contribution in [0.15, 0.2) is 0 Å². The van der Waals surface area contributed by atoms with E-state index in [1.54, 1.807) is 0 Å². The average molecular weight is 264 g/mol. The highest BCUT2D eigenvalue weighted by Crippen LogP contribution is 2.06. The van der Waals surface area contributed by atoms with Crippen LogP contribution in [0.2, 0.25) is 0 Å². The third-order valence-electron chi connectivity index (χ3n) is 2.37. The molecule has 2 N–H and O–H groups in total. The van der Waals surface area contributed by atoms with Crippen LogP contribution in [0.5, 0.6) is 0 Å². The van der Waals surface area contributed by atoms with Crippen molar-refractivity contribution in [2.24, 2.45) is 0 Å². The molecule has 0 aromatic rings. The van der Waals surface area contributed by atoms with Gasteiger partial charge in [0.1, 0.15) is 0 Å². The molecule has 1 fully saturated rings. The van der Waals surface area contributed by atoms with Crippen LogP contribution < -0.4 is 10.6 Å². The first-order valence-electron chi connectivity index (χ1n) is 5.69. The van der Waals surface area contributed by atoms with Crippen LogP contribution in [0.25, 0.3) is 0 Å². The van der Waals surface area contributed by atoms with E-state index >= 15 is 0 Å². The second kappa shape index (κ2) is 7.95. The number of hydrogen-bond donors (Lipinski definition) is 2. The summed E-state index contributed by atoms with van der Waals surface area (Å²) in [6.07, 6.45) is 1.84. The van der Waals surface area contributed by atoms with Crippen molar-refractivity contribution in [2.75, 3.05) is 29.6 Å². The number of amides is 2. The Bertz CT molecular complexity index is 249. The number of carbonyl (C=O) groups is 1. The fourth-order valence-electron chi connectivity index (χ4n) is 1.54.